The number of hydrogen-bond acceptors (Lipinski definition) is 6. The molecule has 0 aromatic heterocycles. The largest absolute Gasteiger partial charge is 0.505 e. The molecule has 29 heavy (non-hydrogen) atoms. The molecular weight excluding hydrogens is 375 g/mol. The van der Waals surface area contributed by atoms with Gasteiger partial charge >= 0.3 is 0 Å². The zero-order valence-electron chi connectivity index (χ0n) is 16.9. The lowest BCUT2D eigenvalue weighted by atomic mass is 9.96. The van der Waals surface area contributed by atoms with Gasteiger partial charge in [-0.1, -0.05) is 32.4 Å². The minimum atomic E-state index is -1.23. The number of amidine groups is 1. The van der Waals surface area contributed by atoms with E-state index in [2.05, 4.69) is 23.7 Å². The second kappa shape index (κ2) is 8.82. The number of carbonyl (C=O) groups excluding carboxylic acids is 1. The molecule has 2 aliphatic rings. The smallest absolute Gasteiger partial charge is 0.254 e. The van der Waals surface area contributed by atoms with Gasteiger partial charge in [0.1, 0.15) is 11.7 Å². The molecule has 2 heterocycles. The molecule has 1 amide bonds. The van der Waals surface area contributed by atoms with E-state index >= 15 is 0 Å². The maximum absolute atomic E-state index is 13.3. The van der Waals surface area contributed by atoms with Crippen molar-refractivity contribution in [2.75, 3.05) is 13.1 Å². The Labute approximate surface area is 170 Å². The molecule has 4 N–H and O–H groups in total. The summed E-state index contributed by atoms with van der Waals surface area (Å²) < 4.78 is 13.3. The van der Waals surface area contributed by atoms with Gasteiger partial charge in [0, 0.05) is 13.1 Å². The van der Waals surface area contributed by atoms with Crippen molar-refractivity contribution in [3.8, 4) is 0 Å². The van der Waals surface area contributed by atoms with Gasteiger partial charge in [0.2, 0.25) is 5.91 Å². The topological polar surface area (TPSA) is 102 Å². The van der Waals surface area contributed by atoms with Crippen LogP contribution in [0.15, 0.2) is 40.9 Å². The molecule has 7 nitrogen and oxygen atoms in total. The number of rotatable bonds is 6. The molecule has 0 aliphatic carbocycles. The SMILES string of the molecule is CC(C)CN1CCCCC1C1=NC(O)=C(O)C(C(N)=O)N1Cc1ccc(F)cc1. The summed E-state index contributed by atoms with van der Waals surface area (Å²) in [4.78, 5) is 20.4. The van der Waals surface area contributed by atoms with Crippen LogP contribution in [0.25, 0.3) is 0 Å². The summed E-state index contributed by atoms with van der Waals surface area (Å²) in [5, 5.41) is 20.6. The molecule has 1 saturated heterocycles. The van der Waals surface area contributed by atoms with Crippen molar-refractivity contribution in [1.82, 2.24) is 9.80 Å². The Hall–Kier alpha value is -2.61. The first-order chi connectivity index (χ1) is 13.8. The van der Waals surface area contributed by atoms with Gasteiger partial charge in [0.15, 0.2) is 11.8 Å². The van der Waals surface area contributed by atoms with E-state index in [1.54, 1.807) is 17.0 Å². The van der Waals surface area contributed by atoms with Gasteiger partial charge in [-0.25, -0.2) is 4.39 Å². The molecule has 8 heteroatoms. The summed E-state index contributed by atoms with van der Waals surface area (Å²) >= 11 is 0. The zero-order valence-corrected chi connectivity index (χ0v) is 16.9. The number of hydrogen-bond donors (Lipinski definition) is 3. The summed E-state index contributed by atoms with van der Waals surface area (Å²) in [6.07, 6.45) is 2.89. The number of aliphatic hydroxyl groups is 2. The quantitative estimate of drug-likeness (QED) is 0.677. The number of aliphatic hydroxyl groups excluding tert-OH is 2. The first-order valence-electron chi connectivity index (χ1n) is 10.0. The Morgan fingerprint density at radius 1 is 1.28 bits per heavy atom. The van der Waals surface area contributed by atoms with Crippen LogP contribution in [-0.4, -0.2) is 56.9 Å². The van der Waals surface area contributed by atoms with Crippen LogP contribution in [0.4, 0.5) is 4.39 Å². The summed E-state index contributed by atoms with van der Waals surface area (Å²) in [7, 11) is 0. The second-order valence-electron chi connectivity index (χ2n) is 8.14. The highest BCUT2D eigenvalue weighted by atomic mass is 19.1. The van der Waals surface area contributed by atoms with E-state index in [-0.39, 0.29) is 18.4 Å². The van der Waals surface area contributed by atoms with E-state index < -0.39 is 23.6 Å². The van der Waals surface area contributed by atoms with Crippen LogP contribution in [0, 0.1) is 11.7 Å². The highest BCUT2D eigenvalue weighted by Gasteiger charge is 2.41. The maximum Gasteiger partial charge on any atom is 0.254 e. The van der Waals surface area contributed by atoms with Gasteiger partial charge in [-0.15, -0.1) is 0 Å². The normalized spacial score (nSPS) is 23.4. The van der Waals surface area contributed by atoms with Gasteiger partial charge in [-0.3, -0.25) is 9.69 Å². The minimum Gasteiger partial charge on any atom is -0.505 e. The maximum atomic E-state index is 13.3. The van der Waals surface area contributed by atoms with Gasteiger partial charge in [0.25, 0.3) is 5.88 Å². The minimum absolute atomic E-state index is 0.108. The fraction of sp³-hybridized carbons (Fsp3) is 0.524. The third-order valence-corrected chi connectivity index (χ3v) is 5.36. The number of aliphatic imine (C=N–C) groups is 1. The van der Waals surface area contributed by atoms with Crippen molar-refractivity contribution in [3.05, 3.63) is 47.3 Å². The predicted molar refractivity (Wildman–Crippen MR) is 109 cm³/mol. The van der Waals surface area contributed by atoms with E-state index in [0.717, 1.165) is 37.9 Å². The lowest BCUT2D eigenvalue weighted by Crippen LogP contribution is -2.58. The van der Waals surface area contributed by atoms with Crippen LogP contribution >= 0.6 is 0 Å². The monoisotopic (exact) mass is 404 g/mol. The number of nitrogens with two attached hydrogens (primary N) is 1. The molecule has 0 bridgehead atoms. The molecule has 0 saturated carbocycles. The standard InChI is InChI=1S/C21H29FN4O3/c1-13(2)11-25-10-4-3-5-16(25)20-24-21(29)18(27)17(19(23)28)26(20)12-14-6-8-15(22)9-7-14/h6-9,13,16-17,27,29H,3-5,10-12H2,1-2H3,(H2,23,28). The van der Waals surface area contributed by atoms with Crippen molar-refractivity contribution in [2.45, 2.75) is 51.7 Å². The van der Waals surface area contributed by atoms with Gasteiger partial charge in [-0.05, 0) is 43.0 Å². The molecule has 2 atom stereocenters. The van der Waals surface area contributed by atoms with Crippen LogP contribution in [-0.2, 0) is 11.3 Å². The first-order valence-corrected chi connectivity index (χ1v) is 10.0. The number of piperidine rings is 1. The highest BCUT2D eigenvalue weighted by Crippen LogP contribution is 2.28. The van der Waals surface area contributed by atoms with E-state index in [0.29, 0.717) is 11.8 Å². The average molecular weight is 404 g/mol. The molecule has 158 valence electrons. The summed E-state index contributed by atoms with van der Waals surface area (Å²) in [5.74, 6) is -1.33. The van der Waals surface area contributed by atoms with E-state index in [4.69, 9.17) is 5.73 Å². The predicted octanol–water partition coefficient (Wildman–Crippen LogP) is 2.69. The Bertz CT molecular complexity index is 807. The van der Waals surface area contributed by atoms with Gasteiger partial charge in [0.05, 0.1) is 6.04 Å². The van der Waals surface area contributed by atoms with Crippen LogP contribution in [0.2, 0.25) is 0 Å². The average Bonchev–Trinajstić information content (AvgIpc) is 2.66. The van der Waals surface area contributed by atoms with E-state index in [1.807, 2.05) is 0 Å². The fourth-order valence-electron chi connectivity index (χ4n) is 4.12. The van der Waals surface area contributed by atoms with Crippen molar-refractivity contribution in [2.24, 2.45) is 16.6 Å². The molecule has 1 aromatic carbocycles. The molecule has 3 rings (SSSR count). The number of benzene rings is 1. The lowest BCUT2D eigenvalue weighted by Gasteiger charge is -2.43. The van der Waals surface area contributed by atoms with Crippen molar-refractivity contribution >= 4 is 11.7 Å². The molecule has 0 spiro atoms. The summed E-state index contributed by atoms with van der Waals surface area (Å²) in [5.41, 5.74) is 6.32. The molecule has 0 radical (unpaired) electrons. The van der Waals surface area contributed by atoms with Crippen LogP contribution in [0.1, 0.15) is 38.7 Å². The number of amides is 1. The fourth-order valence-corrected chi connectivity index (χ4v) is 4.12. The zero-order chi connectivity index (χ0) is 21.1. The first kappa shape index (κ1) is 21.1. The highest BCUT2D eigenvalue weighted by molar-refractivity contribution is 5.95. The van der Waals surface area contributed by atoms with Gasteiger partial charge in [-0.2, -0.15) is 4.99 Å². The third kappa shape index (κ3) is 4.70. The van der Waals surface area contributed by atoms with Crippen LogP contribution in [0.3, 0.4) is 0 Å². The van der Waals surface area contributed by atoms with E-state index in [9.17, 15) is 19.4 Å². The van der Waals surface area contributed by atoms with Crippen molar-refractivity contribution in [3.63, 3.8) is 0 Å². The molecular formula is C21H29FN4O3. The van der Waals surface area contributed by atoms with Crippen molar-refractivity contribution in [1.29, 1.82) is 0 Å². The Kier molecular flexibility index (Phi) is 6.42. The molecule has 2 unspecified atom stereocenters. The van der Waals surface area contributed by atoms with E-state index in [1.165, 1.54) is 12.1 Å². The number of primary amides is 1. The number of likely N-dealkylation sites (tertiary alicyclic amines) is 1. The second-order valence-corrected chi connectivity index (χ2v) is 8.14. The van der Waals surface area contributed by atoms with Crippen molar-refractivity contribution < 1.29 is 19.4 Å². The molecule has 2 aliphatic heterocycles. The number of carbonyl (C=O) groups is 1. The summed E-state index contributed by atoms with van der Waals surface area (Å²) in [6.45, 7) is 6.23. The van der Waals surface area contributed by atoms with Crippen LogP contribution < -0.4 is 5.73 Å². The van der Waals surface area contributed by atoms with Gasteiger partial charge < -0.3 is 20.8 Å². The number of nitrogens with zero attached hydrogens (tertiary/aromatic N) is 3. The Morgan fingerprint density at radius 2 is 1.97 bits per heavy atom. The Balaban J connectivity index is 2.00. The molecule has 1 aromatic rings. The van der Waals surface area contributed by atoms with Crippen LogP contribution in [0.5, 0.6) is 0 Å². The number of halogens is 1. The lowest BCUT2D eigenvalue weighted by molar-refractivity contribution is -0.122. The molecule has 1 fully saturated rings. The third-order valence-electron chi connectivity index (χ3n) is 5.36. The Morgan fingerprint density at radius 3 is 2.59 bits per heavy atom. The summed E-state index contributed by atoms with van der Waals surface area (Å²) in [6, 6.07) is 4.58.